The maximum Gasteiger partial charge on any atom is 0.238 e. The first-order valence-electron chi connectivity index (χ1n) is 8.15. The molecule has 1 aromatic heterocycles. The van der Waals surface area contributed by atoms with Gasteiger partial charge in [-0.05, 0) is 54.1 Å². The van der Waals surface area contributed by atoms with E-state index in [1.807, 2.05) is 32.0 Å². The lowest BCUT2D eigenvalue weighted by molar-refractivity contribution is -0.113. The van der Waals surface area contributed by atoms with Crippen LogP contribution >= 0.6 is 11.8 Å². The van der Waals surface area contributed by atoms with Gasteiger partial charge in [0.05, 0.1) is 16.3 Å². The largest absolute Gasteiger partial charge is 0.325 e. The Bertz CT molecular complexity index is 1130. The Morgan fingerprint density at radius 2 is 2.00 bits per heavy atom. The van der Waals surface area contributed by atoms with Crippen LogP contribution < -0.4 is 10.5 Å². The number of hydrogen-bond acceptors (Lipinski definition) is 7. The third-order valence-corrected chi connectivity index (χ3v) is 5.63. The fourth-order valence-electron chi connectivity index (χ4n) is 2.54. The summed E-state index contributed by atoms with van der Waals surface area (Å²) in [6.07, 6.45) is 0. The second-order valence-electron chi connectivity index (χ2n) is 6.07. The van der Waals surface area contributed by atoms with E-state index < -0.39 is 10.0 Å². The van der Waals surface area contributed by atoms with Gasteiger partial charge in [-0.25, -0.2) is 13.6 Å². The molecule has 3 N–H and O–H groups in total. The van der Waals surface area contributed by atoms with E-state index in [9.17, 15) is 13.2 Å². The highest BCUT2D eigenvalue weighted by Gasteiger charge is 2.14. The van der Waals surface area contributed by atoms with Crippen molar-refractivity contribution in [3.63, 3.8) is 0 Å². The predicted molar refractivity (Wildman–Crippen MR) is 106 cm³/mol. The molecule has 0 spiro atoms. The van der Waals surface area contributed by atoms with Gasteiger partial charge in [0, 0.05) is 5.69 Å². The van der Waals surface area contributed by atoms with E-state index in [0.29, 0.717) is 10.8 Å². The van der Waals surface area contributed by atoms with Crippen molar-refractivity contribution < 1.29 is 13.2 Å². The van der Waals surface area contributed by atoms with Gasteiger partial charge in [-0.1, -0.05) is 35.5 Å². The summed E-state index contributed by atoms with van der Waals surface area (Å²) in [7, 11) is -3.84. The molecule has 0 aliphatic heterocycles. The van der Waals surface area contributed by atoms with Gasteiger partial charge in [-0.2, -0.15) is 4.68 Å². The number of anilines is 1. The van der Waals surface area contributed by atoms with Crippen LogP contribution in [0, 0.1) is 13.8 Å². The average molecular weight is 419 g/mol. The number of aryl methyl sites for hydroxylation is 2. The number of nitrogens with zero attached hydrogens (tertiary/aromatic N) is 4. The van der Waals surface area contributed by atoms with E-state index in [-0.39, 0.29) is 16.6 Å². The summed E-state index contributed by atoms with van der Waals surface area (Å²) in [5, 5.41) is 19.9. The zero-order valence-corrected chi connectivity index (χ0v) is 16.8. The van der Waals surface area contributed by atoms with Crippen LogP contribution in [0.5, 0.6) is 0 Å². The van der Waals surface area contributed by atoms with Gasteiger partial charge in [0.2, 0.25) is 21.1 Å². The van der Waals surface area contributed by atoms with E-state index in [2.05, 4.69) is 20.8 Å². The molecule has 28 heavy (non-hydrogen) atoms. The molecule has 0 atom stereocenters. The first-order chi connectivity index (χ1) is 13.2. The molecule has 1 amide bonds. The summed E-state index contributed by atoms with van der Waals surface area (Å²) in [5.41, 5.74) is 3.31. The Labute approximate surface area is 166 Å². The van der Waals surface area contributed by atoms with E-state index in [1.54, 1.807) is 10.7 Å². The van der Waals surface area contributed by atoms with Crippen molar-refractivity contribution in [2.24, 2.45) is 5.14 Å². The van der Waals surface area contributed by atoms with Crippen molar-refractivity contribution in [1.29, 1.82) is 0 Å². The first-order valence-corrected chi connectivity index (χ1v) is 10.7. The van der Waals surface area contributed by atoms with Gasteiger partial charge in [-0.15, -0.1) is 5.10 Å². The molecule has 1 heterocycles. The minimum atomic E-state index is -3.84. The molecule has 146 valence electrons. The van der Waals surface area contributed by atoms with E-state index in [0.717, 1.165) is 16.8 Å². The Balaban J connectivity index is 1.69. The van der Waals surface area contributed by atoms with Gasteiger partial charge in [0.1, 0.15) is 0 Å². The number of amides is 1. The number of carbonyl (C=O) groups is 1. The van der Waals surface area contributed by atoms with Crippen LogP contribution in [0.3, 0.4) is 0 Å². The van der Waals surface area contributed by atoms with Gasteiger partial charge in [-0.3, -0.25) is 4.79 Å². The number of carbonyl (C=O) groups excluding carboxylic acids is 1. The predicted octanol–water partition coefficient (Wildman–Crippen LogP) is 1.66. The number of nitrogens with one attached hydrogen (secondary N) is 1. The topological polar surface area (TPSA) is 133 Å². The molecule has 9 nitrogen and oxygen atoms in total. The fraction of sp³-hybridized carbons (Fsp3) is 0.176. The lowest BCUT2D eigenvalue weighted by atomic mass is 10.1. The number of aromatic nitrogens is 4. The van der Waals surface area contributed by atoms with Crippen LogP contribution in [0.2, 0.25) is 0 Å². The lowest BCUT2D eigenvalue weighted by Crippen LogP contribution is -2.16. The van der Waals surface area contributed by atoms with E-state index in [4.69, 9.17) is 5.14 Å². The Morgan fingerprint density at radius 3 is 2.71 bits per heavy atom. The minimum Gasteiger partial charge on any atom is -0.325 e. The second-order valence-corrected chi connectivity index (χ2v) is 8.58. The monoisotopic (exact) mass is 418 g/mol. The van der Waals surface area contributed by atoms with Crippen molar-refractivity contribution in [3.8, 4) is 5.69 Å². The molecule has 11 heteroatoms. The Morgan fingerprint density at radius 1 is 1.21 bits per heavy atom. The van der Waals surface area contributed by atoms with Crippen molar-refractivity contribution >= 4 is 33.4 Å². The standard InChI is InChI=1S/C17H18N6O3S2/c1-11-6-7-15(12(2)8-11)23-17(20-21-22-23)27-10-16(24)19-13-4-3-5-14(9-13)28(18,25)26/h3-9H,10H2,1-2H3,(H,19,24)(H2,18,25,26). The number of benzene rings is 2. The number of tetrazole rings is 1. The Hall–Kier alpha value is -2.76. The first kappa shape index (κ1) is 20.0. The smallest absolute Gasteiger partial charge is 0.238 e. The number of rotatable bonds is 6. The highest BCUT2D eigenvalue weighted by atomic mass is 32.2. The van der Waals surface area contributed by atoms with E-state index >= 15 is 0 Å². The number of nitrogens with two attached hydrogens (primary N) is 1. The van der Waals surface area contributed by atoms with Crippen LogP contribution in [0.4, 0.5) is 5.69 Å². The summed E-state index contributed by atoms with van der Waals surface area (Å²) < 4.78 is 24.4. The van der Waals surface area contributed by atoms with E-state index in [1.165, 1.54) is 30.0 Å². The third-order valence-electron chi connectivity index (χ3n) is 3.80. The lowest BCUT2D eigenvalue weighted by Gasteiger charge is -2.09. The minimum absolute atomic E-state index is 0.0465. The van der Waals surface area contributed by atoms with Gasteiger partial charge < -0.3 is 5.32 Å². The van der Waals surface area contributed by atoms with Crippen LogP contribution in [0.25, 0.3) is 5.69 Å². The van der Waals surface area contributed by atoms with Crippen molar-refractivity contribution in [2.75, 3.05) is 11.1 Å². The molecule has 0 fully saturated rings. The number of thioether (sulfide) groups is 1. The van der Waals surface area contributed by atoms with Crippen LogP contribution in [-0.2, 0) is 14.8 Å². The van der Waals surface area contributed by atoms with Gasteiger partial charge >= 0.3 is 0 Å². The molecule has 3 rings (SSSR count). The molecule has 0 bridgehead atoms. The summed E-state index contributed by atoms with van der Waals surface area (Å²) >= 11 is 1.17. The summed E-state index contributed by atoms with van der Waals surface area (Å²) in [4.78, 5) is 12.2. The normalized spacial score (nSPS) is 11.4. The molecule has 2 aromatic carbocycles. The number of primary sulfonamides is 1. The second kappa shape index (κ2) is 8.09. The Kier molecular flexibility index (Phi) is 5.77. The highest BCUT2D eigenvalue weighted by molar-refractivity contribution is 7.99. The SMILES string of the molecule is Cc1ccc(-n2nnnc2SCC(=O)Nc2cccc(S(N)(=O)=O)c2)c(C)c1. The summed E-state index contributed by atoms with van der Waals surface area (Å²) in [6, 6.07) is 11.7. The highest BCUT2D eigenvalue weighted by Crippen LogP contribution is 2.22. The molecule has 0 saturated heterocycles. The third kappa shape index (κ3) is 4.74. The molecule has 0 saturated carbocycles. The fourth-order valence-corrected chi connectivity index (χ4v) is 3.78. The van der Waals surface area contributed by atoms with Crippen molar-refractivity contribution in [3.05, 3.63) is 53.6 Å². The average Bonchev–Trinajstić information content (AvgIpc) is 3.08. The van der Waals surface area contributed by atoms with Gasteiger partial charge in [0.25, 0.3) is 0 Å². The van der Waals surface area contributed by atoms with Crippen LogP contribution in [-0.4, -0.2) is 40.3 Å². The molecule has 0 aliphatic carbocycles. The molecular formula is C17H18N6O3S2. The zero-order valence-electron chi connectivity index (χ0n) is 15.2. The van der Waals surface area contributed by atoms with Crippen LogP contribution in [0.1, 0.15) is 11.1 Å². The summed E-state index contributed by atoms with van der Waals surface area (Å²) in [5.74, 6) is -0.281. The zero-order chi connectivity index (χ0) is 20.3. The number of sulfonamides is 1. The van der Waals surface area contributed by atoms with Gasteiger partial charge in [0.15, 0.2) is 0 Å². The molecular weight excluding hydrogens is 400 g/mol. The van der Waals surface area contributed by atoms with Crippen molar-refractivity contribution in [2.45, 2.75) is 23.9 Å². The maximum atomic E-state index is 12.2. The quantitative estimate of drug-likeness (QED) is 0.582. The maximum absolute atomic E-state index is 12.2. The van der Waals surface area contributed by atoms with Crippen molar-refractivity contribution in [1.82, 2.24) is 20.2 Å². The molecule has 0 aliphatic rings. The molecule has 0 radical (unpaired) electrons. The van der Waals surface area contributed by atoms with Crippen LogP contribution in [0.15, 0.2) is 52.5 Å². The number of hydrogen-bond donors (Lipinski definition) is 2. The summed E-state index contributed by atoms with van der Waals surface area (Å²) in [6.45, 7) is 3.96. The molecule has 0 unspecified atom stereocenters. The molecule has 3 aromatic rings.